The highest BCUT2D eigenvalue weighted by molar-refractivity contribution is 7.25. The van der Waals surface area contributed by atoms with Crippen LogP contribution in [-0.4, -0.2) is 14.5 Å². The lowest BCUT2D eigenvalue weighted by molar-refractivity contribution is 0.669. The second-order valence-electron chi connectivity index (χ2n) is 11.0. The van der Waals surface area contributed by atoms with Crippen LogP contribution in [0, 0.1) is 0 Å². The average Bonchev–Trinajstić information content (AvgIpc) is 3.72. The normalized spacial score (nSPS) is 12.2. The van der Waals surface area contributed by atoms with Crippen molar-refractivity contribution >= 4 is 86.2 Å². The van der Waals surface area contributed by atoms with E-state index < -0.39 is 0 Å². The molecule has 0 aliphatic rings. The van der Waals surface area contributed by atoms with Gasteiger partial charge in [-0.15, -0.1) is 11.3 Å². The topological polar surface area (TPSA) is 43.9 Å². The van der Waals surface area contributed by atoms with Gasteiger partial charge in [0.05, 0.1) is 22.0 Å². The number of thiophene rings is 1. The zero-order chi connectivity index (χ0) is 28.1. The van der Waals surface area contributed by atoms with Crippen LogP contribution in [0.5, 0.6) is 0 Å². The molecular weight excluding hydrogens is 547 g/mol. The number of rotatable bonds is 2. The van der Waals surface area contributed by atoms with Gasteiger partial charge in [-0.05, 0) is 47.2 Å². The van der Waals surface area contributed by atoms with Gasteiger partial charge in [-0.1, -0.05) is 91.0 Å². The van der Waals surface area contributed by atoms with Gasteiger partial charge >= 0.3 is 0 Å². The Bertz CT molecular complexity index is 2750. The van der Waals surface area contributed by atoms with E-state index in [2.05, 4.69) is 114 Å². The standard InChI is InChI=1S/C38H21N3OS/c1-2-11-23-21-31-29(20-22(23)10-1)24-12-3-6-17-30(24)41(31)37-34-27-14-5-8-19-33(27)43-38(34)40-36(39-37)28-16-9-15-26-25-13-4-7-18-32(25)42-35(26)28/h1-21H. The predicted molar refractivity (Wildman–Crippen MR) is 179 cm³/mol. The van der Waals surface area contributed by atoms with Crippen LogP contribution in [0.4, 0.5) is 0 Å². The Morgan fingerprint density at radius 3 is 2.19 bits per heavy atom. The van der Waals surface area contributed by atoms with E-state index in [0.717, 1.165) is 60.0 Å². The monoisotopic (exact) mass is 567 g/mol. The number of fused-ring (bicyclic) bond motifs is 10. The third-order valence-corrected chi connectivity index (χ3v) is 9.68. The Hall–Kier alpha value is -5.52. The Labute approximate surface area is 249 Å². The van der Waals surface area contributed by atoms with Gasteiger partial charge in [-0.25, -0.2) is 9.97 Å². The second-order valence-corrected chi connectivity index (χ2v) is 12.0. The maximum atomic E-state index is 6.44. The predicted octanol–water partition coefficient (Wildman–Crippen LogP) is 10.7. The summed E-state index contributed by atoms with van der Waals surface area (Å²) in [5.74, 6) is 1.54. The fraction of sp³-hybridized carbons (Fsp3) is 0. The maximum absolute atomic E-state index is 6.44. The quantitative estimate of drug-likeness (QED) is 0.209. The number of aromatic nitrogens is 3. The van der Waals surface area contributed by atoms with E-state index >= 15 is 0 Å². The van der Waals surface area contributed by atoms with E-state index in [0.29, 0.717) is 5.82 Å². The molecule has 4 nitrogen and oxygen atoms in total. The van der Waals surface area contributed by atoms with E-state index in [1.165, 1.54) is 26.2 Å². The number of hydrogen-bond donors (Lipinski definition) is 0. The lowest BCUT2D eigenvalue weighted by Crippen LogP contribution is -2.02. The van der Waals surface area contributed by atoms with Crippen molar-refractivity contribution in [1.82, 2.24) is 14.5 Å². The van der Waals surface area contributed by atoms with Crippen molar-refractivity contribution in [3.8, 4) is 17.2 Å². The molecule has 0 N–H and O–H groups in total. The minimum Gasteiger partial charge on any atom is -0.455 e. The van der Waals surface area contributed by atoms with Gasteiger partial charge in [-0.3, -0.25) is 4.57 Å². The number of benzene rings is 6. The Morgan fingerprint density at radius 2 is 1.28 bits per heavy atom. The van der Waals surface area contributed by atoms with Gasteiger partial charge in [0.2, 0.25) is 0 Å². The van der Waals surface area contributed by atoms with E-state index in [1.54, 1.807) is 11.3 Å². The third-order valence-electron chi connectivity index (χ3n) is 8.62. The SMILES string of the molecule is c1ccc2cc3c(cc2c1)c1ccccc1n3-c1nc(-c2cccc3c2oc2ccccc23)nc2sc3ccccc3c12. The molecule has 10 rings (SSSR count). The molecule has 0 radical (unpaired) electrons. The highest BCUT2D eigenvalue weighted by Crippen LogP contribution is 2.42. The molecule has 0 saturated carbocycles. The summed E-state index contributed by atoms with van der Waals surface area (Å²) in [6.07, 6.45) is 0. The smallest absolute Gasteiger partial charge is 0.166 e. The van der Waals surface area contributed by atoms with Crippen LogP contribution >= 0.6 is 11.3 Å². The number of hydrogen-bond acceptors (Lipinski definition) is 4. The van der Waals surface area contributed by atoms with Crippen molar-refractivity contribution < 1.29 is 4.42 Å². The second kappa shape index (κ2) is 8.51. The van der Waals surface area contributed by atoms with Crippen LogP contribution in [0.3, 0.4) is 0 Å². The summed E-state index contributed by atoms with van der Waals surface area (Å²) in [7, 11) is 0. The molecule has 0 bridgehead atoms. The summed E-state index contributed by atoms with van der Waals surface area (Å²) in [6, 6.07) is 44.8. The highest BCUT2D eigenvalue weighted by atomic mass is 32.1. The van der Waals surface area contributed by atoms with Crippen LogP contribution in [0.25, 0.3) is 92.0 Å². The van der Waals surface area contributed by atoms with E-state index in [1.807, 2.05) is 18.2 Å². The molecule has 0 unspecified atom stereocenters. The molecule has 0 aliphatic heterocycles. The third kappa shape index (κ3) is 3.20. The molecular formula is C38H21N3OS. The van der Waals surface area contributed by atoms with Gasteiger partial charge in [-0.2, -0.15) is 0 Å². The molecule has 0 atom stereocenters. The van der Waals surface area contributed by atoms with E-state index in [-0.39, 0.29) is 0 Å². The van der Waals surface area contributed by atoms with Gasteiger partial charge in [0.1, 0.15) is 16.0 Å². The molecule has 6 aromatic carbocycles. The fourth-order valence-electron chi connectivity index (χ4n) is 6.69. The molecule has 5 heteroatoms. The fourth-order valence-corrected chi connectivity index (χ4v) is 7.76. The van der Waals surface area contributed by atoms with Crippen molar-refractivity contribution in [2.45, 2.75) is 0 Å². The van der Waals surface area contributed by atoms with Crippen LogP contribution in [0.15, 0.2) is 132 Å². The maximum Gasteiger partial charge on any atom is 0.166 e. The summed E-state index contributed by atoms with van der Waals surface area (Å²) in [4.78, 5) is 11.6. The van der Waals surface area contributed by atoms with Crippen LogP contribution in [-0.2, 0) is 0 Å². The zero-order valence-corrected chi connectivity index (χ0v) is 23.6. The molecule has 0 saturated heterocycles. The van der Waals surface area contributed by atoms with Gasteiger partial charge < -0.3 is 4.42 Å². The molecule has 200 valence electrons. The van der Waals surface area contributed by atoms with Crippen molar-refractivity contribution in [2.75, 3.05) is 0 Å². The first-order chi connectivity index (χ1) is 21.3. The Morgan fingerprint density at radius 1 is 0.558 bits per heavy atom. The first-order valence-electron chi connectivity index (χ1n) is 14.3. The molecule has 4 heterocycles. The van der Waals surface area contributed by atoms with Crippen molar-refractivity contribution in [2.24, 2.45) is 0 Å². The molecule has 0 spiro atoms. The van der Waals surface area contributed by atoms with Gasteiger partial charge in [0.15, 0.2) is 11.6 Å². The summed E-state index contributed by atoms with van der Waals surface area (Å²) in [5.41, 5.74) is 4.81. The summed E-state index contributed by atoms with van der Waals surface area (Å²) < 4.78 is 9.97. The number of nitrogens with zero attached hydrogens (tertiary/aromatic N) is 3. The molecule has 43 heavy (non-hydrogen) atoms. The number of para-hydroxylation sites is 3. The van der Waals surface area contributed by atoms with Gasteiger partial charge in [0, 0.05) is 31.6 Å². The van der Waals surface area contributed by atoms with Crippen LogP contribution in [0.2, 0.25) is 0 Å². The average molecular weight is 568 g/mol. The molecule has 0 fully saturated rings. The van der Waals surface area contributed by atoms with Crippen molar-refractivity contribution in [3.63, 3.8) is 0 Å². The highest BCUT2D eigenvalue weighted by Gasteiger charge is 2.22. The van der Waals surface area contributed by atoms with E-state index in [9.17, 15) is 0 Å². The molecule has 4 aromatic heterocycles. The summed E-state index contributed by atoms with van der Waals surface area (Å²) in [6.45, 7) is 0. The summed E-state index contributed by atoms with van der Waals surface area (Å²) in [5, 5.41) is 9.23. The zero-order valence-electron chi connectivity index (χ0n) is 22.8. The Kier molecular flexibility index (Phi) is 4.57. The minimum atomic E-state index is 0.658. The number of furan rings is 1. The molecule has 0 amide bonds. The lowest BCUT2D eigenvalue weighted by Gasteiger charge is -2.12. The van der Waals surface area contributed by atoms with Crippen LogP contribution < -0.4 is 0 Å². The van der Waals surface area contributed by atoms with Gasteiger partial charge in [0.25, 0.3) is 0 Å². The van der Waals surface area contributed by atoms with E-state index in [4.69, 9.17) is 14.4 Å². The largest absolute Gasteiger partial charge is 0.455 e. The minimum absolute atomic E-state index is 0.658. The first-order valence-corrected chi connectivity index (χ1v) is 15.2. The van der Waals surface area contributed by atoms with Crippen molar-refractivity contribution in [1.29, 1.82) is 0 Å². The lowest BCUT2D eigenvalue weighted by atomic mass is 10.1. The van der Waals surface area contributed by atoms with Crippen molar-refractivity contribution in [3.05, 3.63) is 127 Å². The molecule has 0 aliphatic carbocycles. The Balaban J connectivity index is 1.38. The molecule has 10 aromatic rings. The first kappa shape index (κ1) is 23.1. The summed E-state index contributed by atoms with van der Waals surface area (Å²) >= 11 is 1.71. The van der Waals surface area contributed by atoms with Crippen LogP contribution in [0.1, 0.15) is 0 Å².